The molecule has 5 heteroatoms. The number of hydrogen-bond donors (Lipinski definition) is 1. The predicted molar refractivity (Wildman–Crippen MR) is 103 cm³/mol. The second-order valence-corrected chi connectivity index (χ2v) is 5.78. The highest BCUT2D eigenvalue weighted by molar-refractivity contribution is 5.92. The van der Waals surface area contributed by atoms with Gasteiger partial charge in [-0.2, -0.15) is 10.2 Å². The third kappa shape index (κ3) is 6.12. The molecule has 0 aromatic heterocycles. The van der Waals surface area contributed by atoms with Gasteiger partial charge in [-0.05, 0) is 61.5 Å². The molecular formula is C20H26N4O. The van der Waals surface area contributed by atoms with Gasteiger partial charge in [-0.15, -0.1) is 0 Å². The summed E-state index contributed by atoms with van der Waals surface area (Å²) in [5, 5.41) is 11.4. The minimum absolute atomic E-state index is 0.00547. The summed E-state index contributed by atoms with van der Waals surface area (Å²) in [7, 11) is 0. The number of nitrogens with zero attached hydrogens (tertiary/aromatic N) is 3. The lowest BCUT2D eigenvalue weighted by molar-refractivity contribution is -0.117. The average Bonchev–Trinajstić information content (AvgIpc) is 2.66. The highest BCUT2D eigenvalue weighted by Crippen LogP contribution is 2.20. The van der Waals surface area contributed by atoms with E-state index in [1.165, 1.54) is 5.56 Å². The van der Waals surface area contributed by atoms with Crippen molar-refractivity contribution in [2.75, 3.05) is 25.0 Å². The van der Waals surface area contributed by atoms with Gasteiger partial charge in [0.2, 0.25) is 5.91 Å². The SMILES string of the molecule is CCc1ccc(N=Nc2ccc(NC(=O)CN(CC)CC)cc2)cc1. The van der Waals surface area contributed by atoms with Gasteiger partial charge in [0, 0.05) is 5.69 Å². The Balaban J connectivity index is 1.92. The van der Waals surface area contributed by atoms with E-state index in [0.29, 0.717) is 6.54 Å². The summed E-state index contributed by atoms with van der Waals surface area (Å²) in [5.74, 6) is -0.00547. The molecule has 25 heavy (non-hydrogen) atoms. The van der Waals surface area contributed by atoms with Crippen molar-refractivity contribution in [1.82, 2.24) is 4.90 Å². The van der Waals surface area contributed by atoms with Crippen molar-refractivity contribution in [1.29, 1.82) is 0 Å². The Morgan fingerprint density at radius 3 is 1.88 bits per heavy atom. The van der Waals surface area contributed by atoms with Gasteiger partial charge in [-0.3, -0.25) is 9.69 Å². The Kier molecular flexibility index (Phi) is 7.29. The van der Waals surface area contributed by atoms with Gasteiger partial charge >= 0.3 is 0 Å². The lowest BCUT2D eigenvalue weighted by atomic mass is 10.2. The Labute approximate surface area is 149 Å². The number of hydrogen-bond acceptors (Lipinski definition) is 4. The molecule has 0 aliphatic carbocycles. The summed E-state index contributed by atoms with van der Waals surface area (Å²) in [4.78, 5) is 14.1. The first kappa shape index (κ1) is 18.8. The molecule has 0 radical (unpaired) electrons. The molecule has 2 rings (SSSR count). The molecule has 5 nitrogen and oxygen atoms in total. The number of benzene rings is 2. The molecule has 0 heterocycles. The molecule has 0 unspecified atom stereocenters. The van der Waals surface area contributed by atoms with Crippen LogP contribution in [0.4, 0.5) is 17.1 Å². The van der Waals surface area contributed by atoms with Crippen molar-refractivity contribution >= 4 is 23.0 Å². The maximum atomic E-state index is 12.0. The first-order valence-electron chi connectivity index (χ1n) is 8.77. The molecule has 0 atom stereocenters. The van der Waals surface area contributed by atoms with E-state index in [-0.39, 0.29) is 5.91 Å². The van der Waals surface area contributed by atoms with E-state index >= 15 is 0 Å². The van der Waals surface area contributed by atoms with E-state index < -0.39 is 0 Å². The van der Waals surface area contributed by atoms with Gasteiger partial charge in [0.05, 0.1) is 17.9 Å². The molecule has 0 spiro atoms. The van der Waals surface area contributed by atoms with Crippen molar-refractivity contribution in [3.63, 3.8) is 0 Å². The van der Waals surface area contributed by atoms with E-state index in [2.05, 4.69) is 39.5 Å². The second-order valence-electron chi connectivity index (χ2n) is 5.78. The van der Waals surface area contributed by atoms with Crippen LogP contribution in [0, 0.1) is 0 Å². The van der Waals surface area contributed by atoms with E-state index in [0.717, 1.165) is 36.6 Å². The monoisotopic (exact) mass is 338 g/mol. The zero-order chi connectivity index (χ0) is 18.1. The number of likely N-dealkylation sites (N-methyl/N-ethyl adjacent to an activating group) is 1. The summed E-state index contributed by atoms with van der Waals surface area (Å²) in [6, 6.07) is 15.4. The van der Waals surface area contributed by atoms with Crippen LogP contribution in [0.3, 0.4) is 0 Å². The van der Waals surface area contributed by atoms with Gasteiger partial charge in [0.15, 0.2) is 0 Å². The molecule has 0 saturated carbocycles. The second kappa shape index (κ2) is 9.69. The average molecular weight is 338 g/mol. The van der Waals surface area contributed by atoms with Crippen LogP contribution in [0.15, 0.2) is 58.8 Å². The molecule has 0 aliphatic heterocycles. The van der Waals surface area contributed by atoms with Crippen LogP contribution in [0.25, 0.3) is 0 Å². The maximum Gasteiger partial charge on any atom is 0.238 e. The molecule has 0 saturated heterocycles. The van der Waals surface area contributed by atoms with E-state index in [1.54, 1.807) is 0 Å². The number of aryl methyl sites for hydroxylation is 1. The van der Waals surface area contributed by atoms with E-state index in [1.807, 2.05) is 50.2 Å². The number of amides is 1. The summed E-state index contributed by atoms with van der Waals surface area (Å²) >= 11 is 0. The molecule has 2 aromatic carbocycles. The van der Waals surface area contributed by atoms with Gasteiger partial charge in [-0.25, -0.2) is 0 Å². The Morgan fingerprint density at radius 2 is 1.40 bits per heavy atom. The Hall–Kier alpha value is -2.53. The highest BCUT2D eigenvalue weighted by Gasteiger charge is 2.07. The van der Waals surface area contributed by atoms with Crippen LogP contribution in [0.2, 0.25) is 0 Å². The largest absolute Gasteiger partial charge is 0.325 e. The fourth-order valence-electron chi connectivity index (χ4n) is 2.38. The number of azo groups is 1. The van der Waals surface area contributed by atoms with Crippen molar-refractivity contribution in [2.24, 2.45) is 10.2 Å². The van der Waals surface area contributed by atoms with Crippen LogP contribution in [-0.2, 0) is 11.2 Å². The Bertz CT molecular complexity index is 689. The van der Waals surface area contributed by atoms with Crippen LogP contribution < -0.4 is 5.32 Å². The molecule has 132 valence electrons. The van der Waals surface area contributed by atoms with Crippen molar-refractivity contribution in [3.05, 3.63) is 54.1 Å². The number of anilines is 1. The lowest BCUT2D eigenvalue weighted by Crippen LogP contribution is -2.32. The molecule has 1 N–H and O–H groups in total. The molecule has 0 aliphatic rings. The zero-order valence-electron chi connectivity index (χ0n) is 15.2. The van der Waals surface area contributed by atoms with E-state index in [4.69, 9.17) is 0 Å². The standard InChI is InChI=1S/C20H26N4O/c1-4-16-7-9-18(10-8-16)22-23-19-13-11-17(12-14-19)21-20(25)15-24(5-2)6-3/h7-14H,4-6,15H2,1-3H3,(H,21,25). The highest BCUT2D eigenvalue weighted by atomic mass is 16.2. The summed E-state index contributed by atoms with van der Waals surface area (Å²) in [5.41, 5.74) is 3.63. The predicted octanol–water partition coefficient (Wildman–Crippen LogP) is 4.94. The molecular weight excluding hydrogens is 312 g/mol. The number of nitrogens with one attached hydrogen (secondary N) is 1. The number of carbonyl (C=O) groups is 1. The molecule has 0 fully saturated rings. The molecule has 2 aromatic rings. The minimum Gasteiger partial charge on any atom is -0.325 e. The summed E-state index contributed by atoms with van der Waals surface area (Å²) in [6.07, 6.45) is 1.01. The van der Waals surface area contributed by atoms with E-state index in [9.17, 15) is 4.79 Å². The maximum absolute atomic E-state index is 12.0. The first-order chi connectivity index (χ1) is 12.1. The third-order valence-electron chi connectivity index (χ3n) is 4.04. The van der Waals surface area contributed by atoms with Crippen LogP contribution >= 0.6 is 0 Å². The van der Waals surface area contributed by atoms with Gasteiger partial charge < -0.3 is 5.32 Å². The van der Waals surface area contributed by atoms with Crippen LogP contribution in [0.1, 0.15) is 26.3 Å². The van der Waals surface area contributed by atoms with Crippen molar-refractivity contribution < 1.29 is 4.79 Å². The van der Waals surface area contributed by atoms with Crippen molar-refractivity contribution in [2.45, 2.75) is 27.2 Å². The lowest BCUT2D eigenvalue weighted by Gasteiger charge is -2.17. The molecule has 1 amide bonds. The number of rotatable bonds is 8. The third-order valence-corrected chi connectivity index (χ3v) is 4.04. The normalized spacial score (nSPS) is 11.2. The number of carbonyl (C=O) groups excluding carboxylic acids is 1. The fourth-order valence-corrected chi connectivity index (χ4v) is 2.38. The van der Waals surface area contributed by atoms with Crippen LogP contribution in [0.5, 0.6) is 0 Å². The van der Waals surface area contributed by atoms with Gasteiger partial charge in [-0.1, -0.05) is 32.9 Å². The quantitative estimate of drug-likeness (QED) is 0.693. The topological polar surface area (TPSA) is 57.1 Å². The van der Waals surface area contributed by atoms with Gasteiger partial charge in [0.25, 0.3) is 0 Å². The fraction of sp³-hybridized carbons (Fsp3) is 0.350. The van der Waals surface area contributed by atoms with Crippen LogP contribution in [-0.4, -0.2) is 30.4 Å². The Morgan fingerprint density at radius 1 is 0.880 bits per heavy atom. The van der Waals surface area contributed by atoms with Crippen molar-refractivity contribution in [3.8, 4) is 0 Å². The zero-order valence-corrected chi connectivity index (χ0v) is 15.2. The summed E-state index contributed by atoms with van der Waals surface area (Å²) < 4.78 is 0. The van der Waals surface area contributed by atoms with Gasteiger partial charge in [0.1, 0.15) is 0 Å². The minimum atomic E-state index is -0.00547. The molecule has 0 bridgehead atoms. The summed E-state index contributed by atoms with van der Waals surface area (Å²) in [6.45, 7) is 8.35. The first-order valence-corrected chi connectivity index (χ1v) is 8.77. The smallest absolute Gasteiger partial charge is 0.238 e.